The van der Waals surface area contributed by atoms with Gasteiger partial charge in [-0.15, -0.1) is 0 Å². The van der Waals surface area contributed by atoms with Crippen molar-refractivity contribution in [2.75, 3.05) is 24.7 Å². The first-order valence-corrected chi connectivity index (χ1v) is 11.5. The molecule has 0 radical (unpaired) electrons. The lowest BCUT2D eigenvalue weighted by Crippen LogP contribution is -2.31. The predicted molar refractivity (Wildman–Crippen MR) is 118 cm³/mol. The summed E-state index contributed by atoms with van der Waals surface area (Å²) in [5.41, 5.74) is 1.36. The normalized spacial score (nSPS) is 12.4. The van der Waals surface area contributed by atoms with E-state index in [1.807, 2.05) is 6.92 Å². The average molecular weight is 445 g/mol. The van der Waals surface area contributed by atoms with Gasteiger partial charge in [0.25, 0.3) is 5.91 Å². The highest BCUT2D eigenvalue weighted by Gasteiger charge is 2.25. The van der Waals surface area contributed by atoms with E-state index in [0.29, 0.717) is 34.3 Å². The zero-order valence-electron chi connectivity index (χ0n) is 17.7. The third kappa shape index (κ3) is 4.56. The zero-order valence-corrected chi connectivity index (χ0v) is 18.5. The van der Waals surface area contributed by atoms with Crippen LogP contribution in [0.25, 0.3) is 10.9 Å². The van der Waals surface area contributed by atoms with Crippen molar-refractivity contribution >= 4 is 38.5 Å². The van der Waals surface area contributed by atoms with Gasteiger partial charge in [0.15, 0.2) is 6.10 Å². The van der Waals surface area contributed by atoms with Crippen molar-refractivity contribution in [2.45, 2.75) is 19.4 Å². The Morgan fingerprint density at radius 2 is 1.74 bits per heavy atom. The van der Waals surface area contributed by atoms with Crippen LogP contribution in [0, 0.1) is 0 Å². The number of carbonyl (C=O) groups is 2. The van der Waals surface area contributed by atoms with E-state index in [1.165, 1.54) is 24.9 Å². The van der Waals surface area contributed by atoms with E-state index >= 15 is 0 Å². The molecule has 0 spiro atoms. The number of anilines is 1. The fraction of sp³-hybridized carbons (Fsp3) is 0.273. The molecular formula is C22H24N2O6S. The number of hydrogen-bond acceptors (Lipinski definition) is 6. The smallest absolute Gasteiger partial charge is 0.340 e. The van der Waals surface area contributed by atoms with Crippen LogP contribution in [0.5, 0.6) is 5.75 Å². The van der Waals surface area contributed by atoms with Gasteiger partial charge in [-0.05, 0) is 36.8 Å². The molecule has 1 atom stereocenters. The Morgan fingerprint density at radius 3 is 2.32 bits per heavy atom. The van der Waals surface area contributed by atoms with E-state index in [2.05, 4.69) is 0 Å². The molecule has 3 rings (SSSR count). The molecule has 0 saturated carbocycles. The van der Waals surface area contributed by atoms with Crippen molar-refractivity contribution in [2.24, 2.45) is 0 Å². The number of aromatic nitrogens is 1. The highest BCUT2D eigenvalue weighted by molar-refractivity contribution is 7.92. The third-order valence-electron chi connectivity index (χ3n) is 4.98. The van der Waals surface area contributed by atoms with Crippen LogP contribution in [0.2, 0.25) is 0 Å². The molecule has 0 unspecified atom stereocenters. The second-order valence-corrected chi connectivity index (χ2v) is 9.01. The fourth-order valence-corrected chi connectivity index (χ4v) is 3.69. The van der Waals surface area contributed by atoms with Gasteiger partial charge in [0.05, 0.1) is 30.1 Å². The van der Waals surface area contributed by atoms with Crippen LogP contribution in [-0.2, 0) is 14.8 Å². The van der Waals surface area contributed by atoms with E-state index in [1.54, 1.807) is 48.5 Å². The van der Waals surface area contributed by atoms with Gasteiger partial charge in [0, 0.05) is 18.6 Å². The Hall–Kier alpha value is -3.33. The summed E-state index contributed by atoms with van der Waals surface area (Å²) in [5, 5.41) is 0.616. The number of esters is 1. The Labute approximate surface area is 181 Å². The molecule has 0 bridgehead atoms. The number of methoxy groups -OCH3 is 1. The topological polar surface area (TPSA) is 94.9 Å². The molecule has 0 aliphatic heterocycles. The lowest BCUT2D eigenvalue weighted by Gasteiger charge is -2.19. The molecule has 0 N–H and O–H groups in total. The molecule has 1 heterocycles. The molecule has 0 aliphatic carbocycles. The van der Waals surface area contributed by atoms with Gasteiger partial charge in [0.1, 0.15) is 5.75 Å². The van der Waals surface area contributed by atoms with E-state index < -0.39 is 22.1 Å². The zero-order chi connectivity index (χ0) is 22.8. The predicted octanol–water partition coefficient (Wildman–Crippen LogP) is 3.32. The van der Waals surface area contributed by atoms with Gasteiger partial charge in [-0.3, -0.25) is 13.7 Å². The molecule has 0 aliphatic rings. The molecule has 0 saturated heterocycles. The molecule has 0 amide bonds. The maximum Gasteiger partial charge on any atom is 0.340 e. The minimum absolute atomic E-state index is 0.300. The maximum atomic E-state index is 13.2. The van der Waals surface area contributed by atoms with Crippen LogP contribution in [0.15, 0.2) is 54.7 Å². The lowest BCUT2D eigenvalue weighted by molar-refractivity contribution is 0.0602. The van der Waals surface area contributed by atoms with Crippen molar-refractivity contribution in [3.63, 3.8) is 0 Å². The molecule has 1 aromatic heterocycles. The molecule has 31 heavy (non-hydrogen) atoms. The second kappa shape index (κ2) is 8.81. The largest absolute Gasteiger partial charge is 0.481 e. The van der Waals surface area contributed by atoms with Crippen LogP contribution in [-0.4, -0.2) is 51.4 Å². The number of nitrogens with zero attached hydrogens (tertiary/aromatic N) is 2. The number of sulfonamides is 1. The second-order valence-electron chi connectivity index (χ2n) is 7.00. The SMILES string of the molecule is CC[C@@H](Oc1ccc(N(C)S(C)(=O)=O)cc1)C(=O)n1cc(C(=O)OC)c2ccccc21. The quantitative estimate of drug-likeness (QED) is 0.519. The average Bonchev–Trinajstić information content (AvgIpc) is 3.15. The van der Waals surface area contributed by atoms with Crippen molar-refractivity contribution in [3.05, 3.63) is 60.3 Å². The molecule has 2 aromatic carbocycles. The summed E-state index contributed by atoms with van der Waals surface area (Å²) in [7, 11) is -0.628. The van der Waals surface area contributed by atoms with Gasteiger partial charge in [-0.25, -0.2) is 13.2 Å². The first-order valence-electron chi connectivity index (χ1n) is 9.60. The number of benzene rings is 2. The van der Waals surface area contributed by atoms with Gasteiger partial charge in [0.2, 0.25) is 10.0 Å². The van der Waals surface area contributed by atoms with Crippen LogP contribution in [0.3, 0.4) is 0 Å². The van der Waals surface area contributed by atoms with Gasteiger partial charge >= 0.3 is 5.97 Å². The van der Waals surface area contributed by atoms with E-state index in [9.17, 15) is 18.0 Å². The van der Waals surface area contributed by atoms with Gasteiger partial charge in [-0.2, -0.15) is 0 Å². The van der Waals surface area contributed by atoms with Crippen LogP contribution in [0.1, 0.15) is 28.5 Å². The van der Waals surface area contributed by atoms with Crippen LogP contribution in [0.4, 0.5) is 5.69 Å². The van der Waals surface area contributed by atoms with E-state index in [0.717, 1.165) is 10.6 Å². The first kappa shape index (κ1) is 22.4. The number of hydrogen-bond donors (Lipinski definition) is 0. The number of carbonyl (C=O) groups excluding carboxylic acids is 2. The van der Waals surface area contributed by atoms with Gasteiger partial charge < -0.3 is 9.47 Å². The summed E-state index contributed by atoms with van der Waals surface area (Å²) in [6, 6.07) is 13.5. The minimum atomic E-state index is -3.38. The monoisotopic (exact) mass is 444 g/mol. The summed E-state index contributed by atoms with van der Waals surface area (Å²) < 4.78 is 36.6. The maximum absolute atomic E-state index is 13.2. The number of rotatable bonds is 7. The highest BCUT2D eigenvalue weighted by atomic mass is 32.2. The van der Waals surface area contributed by atoms with E-state index in [-0.39, 0.29) is 5.91 Å². The Bertz CT molecular complexity index is 1210. The molecule has 3 aromatic rings. The van der Waals surface area contributed by atoms with Crippen molar-refractivity contribution in [1.82, 2.24) is 4.57 Å². The third-order valence-corrected chi connectivity index (χ3v) is 6.18. The van der Waals surface area contributed by atoms with Crippen LogP contribution >= 0.6 is 0 Å². The molecule has 0 fully saturated rings. The lowest BCUT2D eigenvalue weighted by atomic mass is 10.2. The molecule has 164 valence electrons. The Morgan fingerprint density at radius 1 is 1.10 bits per heavy atom. The summed E-state index contributed by atoms with van der Waals surface area (Å²) in [5.74, 6) is -0.427. The number of para-hydroxylation sites is 1. The van der Waals surface area contributed by atoms with Crippen LogP contribution < -0.4 is 9.04 Å². The summed E-state index contributed by atoms with van der Waals surface area (Å²) in [6.45, 7) is 1.82. The summed E-state index contributed by atoms with van der Waals surface area (Å²) >= 11 is 0. The highest BCUT2D eigenvalue weighted by Crippen LogP contribution is 2.25. The van der Waals surface area contributed by atoms with Crippen molar-refractivity contribution in [3.8, 4) is 5.75 Å². The first-order chi connectivity index (χ1) is 14.7. The van der Waals surface area contributed by atoms with Crippen molar-refractivity contribution < 1.29 is 27.5 Å². The van der Waals surface area contributed by atoms with Gasteiger partial charge in [-0.1, -0.05) is 25.1 Å². The Kier molecular flexibility index (Phi) is 6.35. The standard InChI is InChI=1S/C22H24N2O6S/c1-5-20(30-16-12-10-15(11-13-16)23(2)31(4,27)28)21(25)24-14-18(22(26)29-3)17-8-6-7-9-19(17)24/h6-14,20H,5H2,1-4H3/t20-/m1/s1. The summed E-state index contributed by atoms with van der Waals surface area (Å²) in [6.07, 6.45) is 2.17. The molecule has 9 heteroatoms. The number of fused-ring (bicyclic) bond motifs is 1. The summed E-state index contributed by atoms with van der Waals surface area (Å²) in [4.78, 5) is 25.3. The fourth-order valence-electron chi connectivity index (χ4n) is 3.19. The Balaban J connectivity index is 1.88. The minimum Gasteiger partial charge on any atom is -0.481 e. The molecule has 8 nitrogen and oxygen atoms in total. The van der Waals surface area contributed by atoms with E-state index in [4.69, 9.17) is 9.47 Å². The number of ether oxygens (including phenoxy) is 2. The molecular weight excluding hydrogens is 420 g/mol. The van der Waals surface area contributed by atoms with Crippen molar-refractivity contribution in [1.29, 1.82) is 0 Å².